The maximum Gasteiger partial charge on any atom is 0.129 e. The summed E-state index contributed by atoms with van der Waals surface area (Å²) in [6, 6.07) is 10.5. The highest BCUT2D eigenvalue weighted by molar-refractivity contribution is 8.00. The molecule has 2 heteroatoms. The van der Waals surface area contributed by atoms with Crippen molar-refractivity contribution >= 4 is 17.5 Å². The Morgan fingerprint density at radius 2 is 1.94 bits per heavy atom. The summed E-state index contributed by atoms with van der Waals surface area (Å²) in [5.74, 6) is 0.306. The second-order valence-corrected chi connectivity index (χ2v) is 5.81. The number of Topliss-reactive ketones (excluding diaryl/α,β-unsaturated/α-hetero) is 1. The van der Waals surface area contributed by atoms with E-state index in [2.05, 4.69) is 31.2 Å². The first kappa shape index (κ1) is 14.3. The van der Waals surface area contributed by atoms with Crippen molar-refractivity contribution in [3.63, 3.8) is 0 Å². The van der Waals surface area contributed by atoms with Crippen LogP contribution >= 0.6 is 11.8 Å². The van der Waals surface area contributed by atoms with Gasteiger partial charge >= 0.3 is 0 Å². The van der Waals surface area contributed by atoms with Crippen molar-refractivity contribution < 1.29 is 4.79 Å². The lowest BCUT2D eigenvalue weighted by Gasteiger charge is -2.15. The van der Waals surface area contributed by atoms with Crippen LogP contribution in [-0.4, -0.2) is 11.0 Å². The molecule has 0 spiro atoms. The first-order chi connectivity index (χ1) is 8.22. The summed E-state index contributed by atoms with van der Waals surface area (Å²) in [6.07, 6.45) is 5.42. The van der Waals surface area contributed by atoms with Gasteiger partial charge in [0.25, 0.3) is 0 Å². The third kappa shape index (κ3) is 6.52. The van der Waals surface area contributed by atoms with Crippen molar-refractivity contribution in [3.05, 3.63) is 30.3 Å². The number of thioether (sulfide) groups is 1. The Kier molecular flexibility index (Phi) is 7.02. The molecule has 0 aliphatic rings. The van der Waals surface area contributed by atoms with Gasteiger partial charge in [-0.15, -0.1) is 11.8 Å². The molecule has 94 valence electrons. The van der Waals surface area contributed by atoms with Crippen LogP contribution in [0.15, 0.2) is 35.2 Å². The lowest BCUT2D eigenvalue weighted by Crippen LogP contribution is -2.05. The van der Waals surface area contributed by atoms with Gasteiger partial charge in [-0.05, 0) is 31.9 Å². The molecule has 0 aliphatic carbocycles. The standard InChI is InChI=1S/C15H22OS/c1-3-4-8-15(12-11-13(2)16)17-14-9-6-5-7-10-14/h5-7,9-10,15H,3-4,8,11-12H2,1-2H3. The van der Waals surface area contributed by atoms with Crippen molar-refractivity contribution in [1.29, 1.82) is 0 Å². The minimum atomic E-state index is 0.306. The second-order valence-electron chi connectivity index (χ2n) is 4.44. The van der Waals surface area contributed by atoms with E-state index in [0.29, 0.717) is 17.5 Å². The predicted molar refractivity (Wildman–Crippen MR) is 75.5 cm³/mol. The molecule has 0 bridgehead atoms. The molecule has 0 saturated heterocycles. The molecule has 1 unspecified atom stereocenters. The van der Waals surface area contributed by atoms with E-state index in [4.69, 9.17) is 0 Å². The quantitative estimate of drug-likeness (QED) is 0.622. The van der Waals surface area contributed by atoms with Gasteiger partial charge in [0.05, 0.1) is 0 Å². The zero-order chi connectivity index (χ0) is 12.5. The second kappa shape index (κ2) is 8.35. The molecule has 1 atom stereocenters. The van der Waals surface area contributed by atoms with E-state index >= 15 is 0 Å². The number of benzene rings is 1. The summed E-state index contributed by atoms with van der Waals surface area (Å²) in [7, 11) is 0. The summed E-state index contributed by atoms with van der Waals surface area (Å²) in [5.41, 5.74) is 0. The molecule has 0 amide bonds. The molecule has 1 nitrogen and oxygen atoms in total. The Hall–Kier alpha value is -0.760. The zero-order valence-electron chi connectivity index (χ0n) is 10.8. The molecule has 0 radical (unpaired) electrons. The van der Waals surface area contributed by atoms with Gasteiger partial charge in [0.2, 0.25) is 0 Å². The minimum Gasteiger partial charge on any atom is -0.300 e. The van der Waals surface area contributed by atoms with E-state index in [0.717, 1.165) is 6.42 Å². The molecule has 17 heavy (non-hydrogen) atoms. The van der Waals surface area contributed by atoms with Gasteiger partial charge in [0.15, 0.2) is 0 Å². The van der Waals surface area contributed by atoms with Crippen molar-refractivity contribution in [3.8, 4) is 0 Å². The number of unbranched alkanes of at least 4 members (excludes halogenated alkanes) is 1. The Morgan fingerprint density at radius 3 is 2.53 bits per heavy atom. The zero-order valence-corrected chi connectivity index (χ0v) is 11.6. The molecular formula is C15H22OS. The van der Waals surface area contributed by atoms with Gasteiger partial charge in [-0.3, -0.25) is 0 Å². The van der Waals surface area contributed by atoms with Gasteiger partial charge in [0.1, 0.15) is 5.78 Å². The molecule has 1 rings (SSSR count). The largest absolute Gasteiger partial charge is 0.300 e. The van der Waals surface area contributed by atoms with E-state index in [1.54, 1.807) is 6.92 Å². The fourth-order valence-corrected chi connectivity index (χ4v) is 2.97. The molecule has 0 fully saturated rings. The highest BCUT2D eigenvalue weighted by Crippen LogP contribution is 2.29. The van der Waals surface area contributed by atoms with Crippen LogP contribution < -0.4 is 0 Å². The van der Waals surface area contributed by atoms with Crippen LogP contribution in [0.2, 0.25) is 0 Å². The summed E-state index contributed by atoms with van der Waals surface area (Å²) >= 11 is 1.92. The first-order valence-electron chi connectivity index (χ1n) is 6.43. The highest BCUT2D eigenvalue weighted by atomic mass is 32.2. The van der Waals surface area contributed by atoms with Gasteiger partial charge in [0, 0.05) is 16.6 Å². The van der Waals surface area contributed by atoms with E-state index < -0.39 is 0 Å². The van der Waals surface area contributed by atoms with Gasteiger partial charge in [-0.2, -0.15) is 0 Å². The van der Waals surface area contributed by atoms with Crippen LogP contribution in [-0.2, 0) is 4.79 Å². The molecule has 0 aromatic heterocycles. The smallest absolute Gasteiger partial charge is 0.129 e. The monoisotopic (exact) mass is 250 g/mol. The van der Waals surface area contributed by atoms with Crippen molar-refractivity contribution in [2.24, 2.45) is 0 Å². The van der Waals surface area contributed by atoms with E-state index in [9.17, 15) is 4.79 Å². The van der Waals surface area contributed by atoms with E-state index in [1.165, 1.54) is 24.2 Å². The molecule has 1 aromatic carbocycles. The van der Waals surface area contributed by atoms with E-state index in [-0.39, 0.29) is 0 Å². The fraction of sp³-hybridized carbons (Fsp3) is 0.533. The first-order valence-corrected chi connectivity index (χ1v) is 7.31. The number of ketones is 1. The average molecular weight is 250 g/mol. The average Bonchev–Trinajstić information content (AvgIpc) is 2.34. The summed E-state index contributed by atoms with van der Waals surface area (Å²) in [6.45, 7) is 3.90. The van der Waals surface area contributed by atoms with Crippen LogP contribution in [0.4, 0.5) is 0 Å². The molecule has 1 aromatic rings. The third-order valence-corrected chi connectivity index (χ3v) is 4.09. The van der Waals surface area contributed by atoms with Crippen molar-refractivity contribution in [2.75, 3.05) is 0 Å². The molecule has 0 N–H and O–H groups in total. The normalized spacial score (nSPS) is 12.4. The van der Waals surface area contributed by atoms with Gasteiger partial charge < -0.3 is 4.79 Å². The third-order valence-electron chi connectivity index (χ3n) is 2.74. The van der Waals surface area contributed by atoms with Crippen LogP contribution in [0.1, 0.15) is 46.0 Å². The molecular weight excluding hydrogens is 228 g/mol. The number of hydrogen-bond acceptors (Lipinski definition) is 2. The van der Waals surface area contributed by atoms with Crippen LogP contribution in [0.5, 0.6) is 0 Å². The topological polar surface area (TPSA) is 17.1 Å². The predicted octanol–water partition coefficient (Wildman–Crippen LogP) is 4.71. The summed E-state index contributed by atoms with van der Waals surface area (Å²) in [4.78, 5) is 12.4. The summed E-state index contributed by atoms with van der Waals surface area (Å²) < 4.78 is 0. The maximum atomic E-state index is 11.1. The fourth-order valence-electron chi connectivity index (χ4n) is 1.75. The summed E-state index contributed by atoms with van der Waals surface area (Å²) in [5, 5.41) is 0.584. The highest BCUT2D eigenvalue weighted by Gasteiger charge is 2.11. The van der Waals surface area contributed by atoms with Gasteiger partial charge in [-0.25, -0.2) is 0 Å². The SMILES string of the molecule is CCCCC(CCC(C)=O)Sc1ccccc1. The number of carbonyl (C=O) groups is 1. The Balaban J connectivity index is 2.47. The molecule has 0 heterocycles. The lowest BCUT2D eigenvalue weighted by atomic mass is 10.1. The number of hydrogen-bond donors (Lipinski definition) is 0. The molecule has 0 aliphatic heterocycles. The van der Waals surface area contributed by atoms with Crippen LogP contribution in [0, 0.1) is 0 Å². The Morgan fingerprint density at radius 1 is 1.24 bits per heavy atom. The number of carbonyl (C=O) groups excluding carboxylic acids is 1. The van der Waals surface area contributed by atoms with Crippen molar-refractivity contribution in [2.45, 2.75) is 56.1 Å². The van der Waals surface area contributed by atoms with Gasteiger partial charge in [-0.1, -0.05) is 38.0 Å². The number of rotatable bonds is 8. The maximum absolute atomic E-state index is 11.1. The molecule has 0 saturated carbocycles. The lowest BCUT2D eigenvalue weighted by molar-refractivity contribution is -0.117. The van der Waals surface area contributed by atoms with Crippen LogP contribution in [0.25, 0.3) is 0 Å². The Labute approximate surface area is 109 Å². The Bertz CT molecular complexity index is 321. The minimum absolute atomic E-state index is 0.306. The van der Waals surface area contributed by atoms with Crippen LogP contribution in [0.3, 0.4) is 0 Å². The van der Waals surface area contributed by atoms with E-state index in [1.807, 2.05) is 17.8 Å². The van der Waals surface area contributed by atoms with Crippen molar-refractivity contribution in [1.82, 2.24) is 0 Å².